The first kappa shape index (κ1) is 10.8. The Kier molecular flexibility index (Phi) is 3.17. The number of carbonyl (C=O) groups is 1. The van der Waals surface area contributed by atoms with Gasteiger partial charge >= 0.3 is 5.97 Å². The van der Waals surface area contributed by atoms with E-state index in [1.807, 2.05) is 0 Å². The van der Waals surface area contributed by atoms with E-state index in [1.165, 1.54) is 13.5 Å². The van der Waals surface area contributed by atoms with Crippen molar-refractivity contribution in [2.24, 2.45) is 5.92 Å². The summed E-state index contributed by atoms with van der Waals surface area (Å²) < 4.78 is 4.77. The summed E-state index contributed by atoms with van der Waals surface area (Å²) in [4.78, 5) is 11.3. The first-order valence-corrected chi connectivity index (χ1v) is 8.60. The molecule has 0 aliphatic heterocycles. The van der Waals surface area contributed by atoms with E-state index in [1.54, 1.807) is 0 Å². The molecule has 1 saturated carbocycles. The lowest BCUT2D eigenvalue weighted by Gasteiger charge is -2.24. The fourth-order valence-corrected chi connectivity index (χ4v) is 4.17. The zero-order valence-electron chi connectivity index (χ0n) is 9.09. The van der Waals surface area contributed by atoms with Crippen LogP contribution in [0, 0.1) is 5.92 Å². The molecule has 0 N–H and O–H groups in total. The largest absolute Gasteiger partial charge is 0.469 e. The van der Waals surface area contributed by atoms with E-state index in [9.17, 15) is 4.79 Å². The molecule has 2 atom stereocenters. The van der Waals surface area contributed by atoms with Crippen LogP contribution in [-0.4, -0.2) is 21.2 Å². The molecular formula is C10H20O2Si. The first-order valence-electron chi connectivity index (χ1n) is 5.03. The van der Waals surface area contributed by atoms with Crippen LogP contribution in [0.15, 0.2) is 0 Å². The summed E-state index contributed by atoms with van der Waals surface area (Å²) in [7, 11) is 0.458. The maximum absolute atomic E-state index is 11.3. The minimum absolute atomic E-state index is 0.000694. The molecule has 1 rings (SSSR count). The number of hydrogen-bond donors (Lipinski definition) is 0. The van der Waals surface area contributed by atoms with Gasteiger partial charge < -0.3 is 4.74 Å². The molecule has 0 amide bonds. The third-order valence-corrected chi connectivity index (χ3v) is 6.17. The van der Waals surface area contributed by atoms with Crippen molar-refractivity contribution >= 4 is 14.0 Å². The summed E-state index contributed by atoms with van der Waals surface area (Å²) in [6.07, 6.45) is 3.35. The Labute approximate surface area is 81.7 Å². The molecule has 0 aromatic rings. The molecule has 0 saturated heterocycles. The zero-order chi connectivity index (χ0) is 10.1. The third kappa shape index (κ3) is 2.56. The standard InChI is InChI=1S/C10H20O2Si/c1-12-10(11)8-5-6-9(7-8)13(2,3)4/h8-9H,5-7H2,1-4H3/t8-,9-/m0/s1. The third-order valence-electron chi connectivity index (χ3n) is 3.19. The normalized spacial score (nSPS) is 28.9. The number of methoxy groups -OCH3 is 1. The predicted octanol–water partition coefficient (Wildman–Crippen LogP) is 2.67. The maximum atomic E-state index is 11.3. The van der Waals surface area contributed by atoms with Gasteiger partial charge in [0.2, 0.25) is 0 Å². The van der Waals surface area contributed by atoms with Crippen molar-refractivity contribution in [1.82, 2.24) is 0 Å². The monoisotopic (exact) mass is 200 g/mol. The van der Waals surface area contributed by atoms with Crippen LogP contribution in [0.25, 0.3) is 0 Å². The summed E-state index contributed by atoms with van der Waals surface area (Å²) in [6.45, 7) is 7.16. The molecule has 0 unspecified atom stereocenters. The quantitative estimate of drug-likeness (QED) is 0.506. The Hall–Kier alpha value is -0.313. The van der Waals surface area contributed by atoms with E-state index in [-0.39, 0.29) is 11.9 Å². The van der Waals surface area contributed by atoms with Gasteiger partial charge in [-0.05, 0) is 18.4 Å². The van der Waals surface area contributed by atoms with Crippen LogP contribution < -0.4 is 0 Å². The van der Waals surface area contributed by atoms with Gasteiger partial charge in [0.1, 0.15) is 0 Å². The summed E-state index contributed by atoms with van der Waals surface area (Å²) >= 11 is 0. The van der Waals surface area contributed by atoms with Crippen LogP contribution in [0.2, 0.25) is 25.2 Å². The molecular weight excluding hydrogens is 180 g/mol. The summed E-state index contributed by atoms with van der Waals surface area (Å²) in [6, 6.07) is 0. The molecule has 0 heterocycles. The van der Waals surface area contributed by atoms with Gasteiger partial charge in [-0.2, -0.15) is 0 Å². The summed E-state index contributed by atoms with van der Waals surface area (Å²) in [5.74, 6) is 0.197. The van der Waals surface area contributed by atoms with Crippen molar-refractivity contribution in [1.29, 1.82) is 0 Å². The average Bonchev–Trinajstić information content (AvgIpc) is 2.50. The first-order chi connectivity index (χ1) is 5.95. The number of rotatable bonds is 2. The maximum Gasteiger partial charge on any atom is 0.308 e. The number of ether oxygens (including phenoxy) is 1. The van der Waals surface area contributed by atoms with Crippen molar-refractivity contribution in [3.05, 3.63) is 0 Å². The number of esters is 1. The van der Waals surface area contributed by atoms with Crippen LogP contribution in [-0.2, 0) is 9.53 Å². The van der Waals surface area contributed by atoms with E-state index in [0.717, 1.165) is 18.4 Å². The average molecular weight is 200 g/mol. The highest BCUT2D eigenvalue weighted by Gasteiger charge is 2.37. The molecule has 1 aliphatic rings. The van der Waals surface area contributed by atoms with Gasteiger partial charge in [-0.1, -0.05) is 26.1 Å². The molecule has 0 aromatic heterocycles. The van der Waals surface area contributed by atoms with Gasteiger partial charge in [0.15, 0.2) is 0 Å². The van der Waals surface area contributed by atoms with Gasteiger partial charge in [-0.3, -0.25) is 4.79 Å². The van der Waals surface area contributed by atoms with Crippen LogP contribution in [0.3, 0.4) is 0 Å². The lowest BCUT2D eigenvalue weighted by molar-refractivity contribution is -0.145. The Morgan fingerprint density at radius 3 is 2.31 bits per heavy atom. The van der Waals surface area contributed by atoms with Crippen molar-refractivity contribution < 1.29 is 9.53 Å². The van der Waals surface area contributed by atoms with E-state index < -0.39 is 8.07 Å². The van der Waals surface area contributed by atoms with Crippen LogP contribution in [0.1, 0.15) is 19.3 Å². The number of carbonyl (C=O) groups excluding carboxylic acids is 1. The van der Waals surface area contributed by atoms with E-state index >= 15 is 0 Å². The second-order valence-electron chi connectivity index (χ2n) is 5.10. The second kappa shape index (κ2) is 3.82. The molecule has 3 heteroatoms. The Morgan fingerprint density at radius 1 is 1.31 bits per heavy atom. The van der Waals surface area contributed by atoms with Gasteiger partial charge in [0.05, 0.1) is 13.0 Å². The van der Waals surface area contributed by atoms with Crippen molar-refractivity contribution in [3.63, 3.8) is 0 Å². The van der Waals surface area contributed by atoms with Crippen molar-refractivity contribution in [2.75, 3.05) is 7.11 Å². The second-order valence-corrected chi connectivity index (χ2v) is 10.6. The minimum atomic E-state index is -1.03. The van der Waals surface area contributed by atoms with E-state index in [2.05, 4.69) is 19.6 Å². The van der Waals surface area contributed by atoms with Crippen LogP contribution in [0.5, 0.6) is 0 Å². The lowest BCUT2D eigenvalue weighted by Crippen LogP contribution is -2.27. The van der Waals surface area contributed by atoms with Gasteiger partial charge in [0, 0.05) is 8.07 Å². The van der Waals surface area contributed by atoms with Crippen molar-refractivity contribution in [3.8, 4) is 0 Å². The smallest absolute Gasteiger partial charge is 0.308 e. The topological polar surface area (TPSA) is 26.3 Å². The molecule has 0 radical (unpaired) electrons. The van der Waals surface area contributed by atoms with E-state index in [4.69, 9.17) is 4.74 Å². The fraction of sp³-hybridized carbons (Fsp3) is 0.900. The molecule has 0 bridgehead atoms. The van der Waals surface area contributed by atoms with Gasteiger partial charge in [0.25, 0.3) is 0 Å². The van der Waals surface area contributed by atoms with E-state index in [0.29, 0.717) is 0 Å². The highest BCUT2D eigenvalue weighted by atomic mass is 28.3. The van der Waals surface area contributed by atoms with Crippen molar-refractivity contribution in [2.45, 2.75) is 44.4 Å². The lowest BCUT2D eigenvalue weighted by atomic mass is 10.1. The Bertz CT molecular complexity index is 196. The summed E-state index contributed by atoms with van der Waals surface area (Å²) in [5, 5.41) is 0. The molecule has 1 fully saturated rings. The van der Waals surface area contributed by atoms with Crippen LogP contribution in [0.4, 0.5) is 0 Å². The highest BCUT2D eigenvalue weighted by Crippen LogP contribution is 2.42. The predicted molar refractivity (Wildman–Crippen MR) is 56.5 cm³/mol. The van der Waals surface area contributed by atoms with Crippen LogP contribution >= 0.6 is 0 Å². The highest BCUT2D eigenvalue weighted by molar-refractivity contribution is 6.77. The molecule has 13 heavy (non-hydrogen) atoms. The Morgan fingerprint density at radius 2 is 1.92 bits per heavy atom. The SMILES string of the molecule is COC(=O)[C@H]1CC[C@H]([Si](C)(C)C)C1. The molecule has 1 aliphatic carbocycles. The van der Waals surface area contributed by atoms with Gasteiger partial charge in [-0.15, -0.1) is 0 Å². The summed E-state index contributed by atoms with van der Waals surface area (Å²) in [5.41, 5.74) is 0.816. The zero-order valence-corrected chi connectivity index (χ0v) is 10.1. The molecule has 76 valence electrons. The Balaban J connectivity index is 2.50. The molecule has 2 nitrogen and oxygen atoms in total. The molecule has 0 aromatic carbocycles. The van der Waals surface area contributed by atoms with Gasteiger partial charge in [-0.25, -0.2) is 0 Å². The minimum Gasteiger partial charge on any atom is -0.469 e. The fourth-order valence-electron chi connectivity index (χ4n) is 2.15. The number of hydrogen-bond acceptors (Lipinski definition) is 2. The molecule has 0 spiro atoms.